The van der Waals surface area contributed by atoms with Crippen LogP contribution in [-0.4, -0.2) is 23.7 Å². The maximum Gasteiger partial charge on any atom is 0.254 e. The normalized spacial score (nSPS) is 12.4. The predicted molar refractivity (Wildman–Crippen MR) is 52.0 cm³/mol. The quantitative estimate of drug-likeness (QED) is 0.744. The van der Waals surface area contributed by atoms with E-state index >= 15 is 0 Å². The minimum atomic E-state index is -0.462. The zero-order chi connectivity index (χ0) is 10.4. The first-order chi connectivity index (χ1) is 6.74. The molecule has 1 rings (SSSR count). The average molecular weight is 197 g/mol. The Balaban J connectivity index is 2.28. The van der Waals surface area contributed by atoms with Gasteiger partial charge in [-0.15, -0.1) is 0 Å². The van der Waals surface area contributed by atoms with Gasteiger partial charge in [-0.1, -0.05) is 13.3 Å². The van der Waals surface area contributed by atoms with E-state index in [-0.39, 0.29) is 12.5 Å². The van der Waals surface area contributed by atoms with E-state index in [1.807, 2.05) is 6.92 Å². The summed E-state index contributed by atoms with van der Waals surface area (Å²) in [4.78, 5) is 11.3. The molecule has 1 atom stereocenters. The number of hydrogen-bond donors (Lipinski definition) is 2. The minimum Gasteiger partial charge on any atom is -0.472 e. The number of hydrogen-bond acceptors (Lipinski definition) is 3. The number of rotatable bonds is 5. The van der Waals surface area contributed by atoms with Crippen LogP contribution in [0.3, 0.4) is 0 Å². The highest BCUT2D eigenvalue weighted by atomic mass is 16.3. The van der Waals surface area contributed by atoms with E-state index in [0.29, 0.717) is 12.0 Å². The van der Waals surface area contributed by atoms with Gasteiger partial charge < -0.3 is 14.8 Å². The molecule has 14 heavy (non-hydrogen) atoms. The standard InChI is InChI=1S/C10H15NO3/c1-2-3-9(12)6-11-10(13)8-4-5-14-7-8/h4-5,7,9,12H,2-3,6H2,1H3,(H,11,13). The molecule has 0 aliphatic carbocycles. The summed E-state index contributed by atoms with van der Waals surface area (Å²) in [6.45, 7) is 2.28. The van der Waals surface area contributed by atoms with Crippen LogP contribution in [0.5, 0.6) is 0 Å². The van der Waals surface area contributed by atoms with Crippen molar-refractivity contribution in [3.05, 3.63) is 24.2 Å². The van der Waals surface area contributed by atoms with Crippen molar-refractivity contribution in [2.75, 3.05) is 6.54 Å². The second kappa shape index (κ2) is 5.44. The van der Waals surface area contributed by atoms with Crippen molar-refractivity contribution in [1.82, 2.24) is 5.32 Å². The van der Waals surface area contributed by atoms with E-state index in [1.165, 1.54) is 12.5 Å². The molecular weight excluding hydrogens is 182 g/mol. The monoisotopic (exact) mass is 197 g/mol. The maximum atomic E-state index is 11.3. The SMILES string of the molecule is CCCC(O)CNC(=O)c1ccoc1. The zero-order valence-corrected chi connectivity index (χ0v) is 8.19. The Morgan fingerprint density at radius 1 is 1.71 bits per heavy atom. The second-order valence-corrected chi connectivity index (χ2v) is 3.16. The van der Waals surface area contributed by atoms with Crippen molar-refractivity contribution in [3.63, 3.8) is 0 Å². The highest BCUT2D eigenvalue weighted by Gasteiger charge is 2.08. The zero-order valence-electron chi connectivity index (χ0n) is 8.19. The lowest BCUT2D eigenvalue weighted by atomic mass is 10.2. The summed E-state index contributed by atoms with van der Waals surface area (Å²) in [5, 5.41) is 12.0. The molecule has 0 saturated heterocycles. The van der Waals surface area contributed by atoms with Gasteiger partial charge in [0, 0.05) is 6.54 Å². The summed E-state index contributed by atoms with van der Waals surface area (Å²) in [5.74, 6) is -0.214. The summed E-state index contributed by atoms with van der Waals surface area (Å²) in [7, 11) is 0. The molecular formula is C10H15NO3. The lowest BCUT2D eigenvalue weighted by Crippen LogP contribution is -2.31. The van der Waals surface area contributed by atoms with Gasteiger partial charge in [-0.25, -0.2) is 0 Å². The molecule has 0 aromatic carbocycles. The van der Waals surface area contributed by atoms with Gasteiger partial charge in [0.2, 0.25) is 0 Å². The molecule has 1 heterocycles. The molecule has 0 spiro atoms. The number of aliphatic hydroxyl groups is 1. The molecule has 0 fully saturated rings. The van der Waals surface area contributed by atoms with Crippen molar-refractivity contribution in [2.24, 2.45) is 0 Å². The van der Waals surface area contributed by atoms with Gasteiger partial charge >= 0.3 is 0 Å². The number of carbonyl (C=O) groups excluding carboxylic acids is 1. The van der Waals surface area contributed by atoms with E-state index in [1.54, 1.807) is 6.07 Å². The number of amides is 1. The third-order valence-corrected chi connectivity index (χ3v) is 1.90. The van der Waals surface area contributed by atoms with Gasteiger partial charge in [0.25, 0.3) is 5.91 Å². The summed E-state index contributed by atoms with van der Waals surface area (Å²) in [5.41, 5.74) is 0.480. The number of nitrogens with one attached hydrogen (secondary N) is 1. The van der Waals surface area contributed by atoms with Crippen LogP contribution in [0, 0.1) is 0 Å². The highest BCUT2D eigenvalue weighted by Crippen LogP contribution is 2.00. The molecule has 0 aliphatic heterocycles. The summed E-state index contributed by atoms with van der Waals surface area (Å²) >= 11 is 0. The van der Waals surface area contributed by atoms with Crippen LogP contribution in [0.15, 0.2) is 23.0 Å². The van der Waals surface area contributed by atoms with Crippen molar-refractivity contribution in [2.45, 2.75) is 25.9 Å². The molecule has 1 amide bonds. The summed E-state index contributed by atoms with van der Waals surface area (Å²) in [6, 6.07) is 1.58. The van der Waals surface area contributed by atoms with Gasteiger partial charge in [-0.3, -0.25) is 4.79 Å². The van der Waals surface area contributed by atoms with Crippen LogP contribution in [-0.2, 0) is 0 Å². The van der Waals surface area contributed by atoms with Gasteiger partial charge in [0.1, 0.15) is 6.26 Å². The lowest BCUT2D eigenvalue weighted by Gasteiger charge is -2.09. The fourth-order valence-corrected chi connectivity index (χ4v) is 1.14. The topological polar surface area (TPSA) is 62.5 Å². The second-order valence-electron chi connectivity index (χ2n) is 3.16. The van der Waals surface area contributed by atoms with Crippen LogP contribution in [0.25, 0.3) is 0 Å². The molecule has 1 aromatic rings. The highest BCUT2D eigenvalue weighted by molar-refractivity contribution is 5.93. The fourth-order valence-electron chi connectivity index (χ4n) is 1.14. The lowest BCUT2D eigenvalue weighted by molar-refractivity contribution is 0.0909. The Labute approximate surface area is 82.9 Å². The molecule has 1 aromatic heterocycles. The first-order valence-corrected chi connectivity index (χ1v) is 4.72. The van der Waals surface area contributed by atoms with Gasteiger partial charge in [0.15, 0.2) is 0 Å². The van der Waals surface area contributed by atoms with Crippen molar-refractivity contribution in [3.8, 4) is 0 Å². The Bertz CT molecular complexity index is 269. The summed E-state index contributed by atoms with van der Waals surface area (Å²) < 4.78 is 4.77. The third kappa shape index (κ3) is 3.22. The summed E-state index contributed by atoms with van der Waals surface area (Å²) in [6.07, 6.45) is 3.96. The van der Waals surface area contributed by atoms with E-state index in [4.69, 9.17) is 4.42 Å². The number of carbonyl (C=O) groups is 1. The first kappa shape index (κ1) is 10.8. The van der Waals surface area contributed by atoms with E-state index in [2.05, 4.69) is 5.32 Å². The van der Waals surface area contributed by atoms with E-state index in [0.717, 1.165) is 6.42 Å². The molecule has 78 valence electrons. The van der Waals surface area contributed by atoms with Crippen molar-refractivity contribution < 1.29 is 14.3 Å². The number of aliphatic hydroxyl groups excluding tert-OH is 1. The molecule has 1 unspecified atom stereocenters. The van der Waals surface area contributed by atoms with Gasteiger partial charge in [0.05, 0.1) is 17.9 Å². The molecule has 4 nitrogen and oxygen atoms in total. The molecule has 4 heteroatoms. The Morgan fingerprint density at radius 2 is 2.50 bits per heavy atom. The Kier molecular flexibility index (Phi) is 4.19. The molecule has 0 aliphatic rings. The van der Waals surface area contributed by atoms with Gasteiger partial charge in [-0.05, 0) is 12.5 Å². The average Bonchev–Trinajstić information content (AvgIpc) is 2.67. The van der Waals surface area contributed by atoms with Crippen LogP contribution < -0.4 is 5.32 Å². The molecule has 0 bridgehead atoms. The molecule has 0 radical (unpaired) electrons. The maximum absolute atomic E-state index is 11.3. The van der Waals surface area contributed by atoms with Crippen LogP contribution in [0.1, 0.15) is 30.1 Å². The molecule has 0 saturated carbocycles. The third-order valence-electron chi connectivity index (χ3n) is 1.90. The number of furan rings is 1. The Morgan fingerprint density at radius 3 is 3.07 bits per heavy atom. The smallest absolute Gasteiger partial charge is 0.254 e. The first-order valence-electron chi connectivity index (χ1n) is 4.72. The largest absolute Gasteiger partial charge is 0.472 e. The Hall–Kier alpha value is -1.29. The van der Waals surface area contributed by atoms with Crippen LogP contribution in [0.2, 0.25) is 0 Å². The van der Waals surface area contributed by atoms with Crippen LogP contribution >= 0.6 is 0 Å². The van der Waals surface area contributed by atoms with E-state index in [9.17, 15) is 9.90 Å². The van der Waals surface area contributed by atoms with Gasteiger partial charge in [-0.2, -0.15) is 0 Å². The molecule has 2 N–H and O–H groups in total. The minimum absolute atomic E-state index is 0.214. The van der Waals surface area contributed by atoms with Crippen LogP contribution in [0.4, 0.5) is 0 Å². The van der Waals surface area contributed by atoms with Crippen molar-refractivity contribution >= 4 is 5.91 Å². The van der Waals surface area contributed by atoms with Crippen molar-refractivity contribution in [1.29, 1.82) is 0 Å². The predicted octanol–water partition coefficient (Wildman–Crippen LogP) is 1.17. The fraction of sp³-hybridized carbons (Fsp3) is 0.500. The van der Waals surface area contributed by atoms with E-state index < -0.39 is 6.10 Å².